The number of hydrogen-bond acceptors (Lipinski definition) is 10. The second-order valence-corrected chi connectivity index (χ2v) is 9.94. The van der Waals surface area contributed by atoms with Crippen LogP contribution in [-0.2, 0) is 20.1 Å². The van der Waals surface area contributed by atoms with Crippen molar-refractivity contribution in [1.82, 2.24) is 44.4 Å². The van der Waals surface area contributed by atoms with E-state index in [0.717, 1.165) is 62.4 Å². The third kappa shape index (κ3) is 6.28. The Morgan fingerprint density at radius 1 is 1.18 bits per heavy atom. The van der Waals surface area contributed by atoms with Crippen LogP contribution in [0, 0.1) is 0 Å². The van der Waals surface area contributed by atoms with Crippen molar-refractivity contribution in [2.75, 3.05) is 37.4 Å². The second-order valence-electron chi connectivity index (χ2n) is 9.94. The van der Waals surface area contributed by atoms with Crippen molar-refractivity contribution >= 4 is 28.9 Å². The Labute approximate surface area is 231 Å². The maximum atomic E-state index is 11.2. The smallest absolute Gasteiger partial charge is 0.411 e. The van der Waals surface area contributed by atoms with Gasteiger partial charge in [-0.2, -0.15) is 15.2 Å². The summed E-state index contributed by atoms with van der Waals surface area (Å²) >= 11 is 0. The lowest BCUT2D eigenvalue weighted by Crippen LogP contribution is -2.33. The zero-order valence-corrected chi connectivity index (χ0v) is 23.0. The molecule has 1 saturated heterocycles. The number of nitrogens with one attached hydrogen (secondary N) is 2. The molecule has 0 saturated carbocycles. The van der Waals surface area contributed by atoms with Crippen molar-refractivity contribution in [1.29, 1.82) is 0 Å². The van der Waals surface area contributed by atoms with E-state index in [1.807, 2.05) is 13.2 Å². The van der Waals surface area contributed by atoms with Crippen LogP contribution in [0.2, 0.25) is 0 Å². The van der Waals surface area contributed by atoms with E-state index < -0.39 is 6.09 Å². The van der Waals surface area contributed by atoms with Crippen LogP contribution in [0.4, 0.5) is 16.6 Å². The number of aryl methyl sites for hydroxylation is 1. The molecule has 1 fully saturated rings. The van der Waals surface area contributed by atoms with Gasteiger partial charge in [-0.05, 0) is 49.9 Å². The highest BCUT2D eigenvalue weighted by molar-refractivity contribution is 5.89. The quantitative estimate of drug-likeness (QED) is 0.236. The second kappa shape index (κ2) is 12.2. The van der Waals surface area contributed by atoms with Gasteiger partial charge in [-0.3, -0.25) is 24.6 Å². The van der Waals surface area contributed by atoms with Gasteiger partial charge in [0.25, 0.3) is 0 Å². The van der Waals surface area contributed by atoms with Crippen LogP contribution in [0.3, 0.4) is 0 Å². The average Bonchev–Trinajstić information content (AvgIpc) is 3.54. The summed E-state index contributed by atoms with van der Waals surface area (Å²) < 4.78 is 9.26. The van der Waals surface area contributed by atoms with E-state index in [1.54, 1.807) is 29.0 Å². The zero-order chi connectivity index (χ0) is 28.1. The Balaban J connectivity index is 1.32. The molecule has 4 aromatic rings. The van der Waals surface area contributed by atoms with Crippen LogP contribution in [0.5, 0.6) is 5.75 Å². The molecule has 1 aliphatic rings. The Bertz CT molecular complexity index is 1460. The highest BCUT2D eigenvalue weighted by atomic mass is 16.5. The number of piperidine rings is 1. The van der Waals surface area contributed by atoms with Gasteiger partial charge in [0.15, 0.2) is 11.6 Å². The monoisotopic (exact) mass is 549 g/mol. The number of aromatic nitrogens is 8. The van der Waals surface area contributed by atoms with E-state index in [1.165, 1.54) is 0 Å². The highest BCUT2D eigenvalue weighted by Gasteiger charge is 2.23. The molecule has 3 N–H and O–H groups in total. The number of nitrogens with zero attached hydrogens (tertiary/aromatic N) is 9. The Hall–Kier alpha value is -4.33. The average molecular weight is 550 g/mol. The first-order valence-corrected chi connectivity index (χ1v) is 13.5. The molecule has 4 aromatic heterocycles. The fourth-order valence-electron chi connectivity index (χ4n) is 5.01. The minimum Gasteiger partial charge on any atom is -0.495 e. The van der Waals surface area contributed by atoms with E-state index >= 15 is 0 Å². The molecule has 0 atom stereocenters. The van der Waals surface area contributed by atoms with Crippen LogP contribution in [0.25, 0.3) is 11.0 Å². The molecule has 1 aliphatic heterocycles. The predicted molar refractivity (Wildman–Crippen MR) is 149 cm³/mol. The summed E-state index contributed by atoms with van der Waals surface area (Å²) in [4.78, 5) is 31.4. The van der Waals surface area contributed by atoms with Gasteiger partial charge in [0.05, 0.1) is 26.4 Å². The molecule has 5 rings (SSSR count). The number of amides is 1. The largest absolute Gasteiger partial charge is 0.495 e. The highest BCUT2D eigenvalue weighted by Crippen LogP contribution is 2.32. The summed E-state index contributed by atoms with van der Waals surface area (Å²) in [6.07, 6.45) is 8.05. The van der Waals surface area contributed by atoms with Crippen molar-refractivity contribution < 1.29 is 14.6 Å². The molecule has 1 amide bonds. The van der Waals surface area contributed by atoms with E-state index in [-0.39, 0.29) is 5.95 Å². The van der Waals surface area contributed by atoms with Gasteiger partial charge in [0, 0.05) is 19.8 Å². The predicted octanol–water partition coefficient (Wildman–Crippen LogP) is 3.09. The van der Waals surface area contributed by atoms with E-state index in [2.05, 4.69) is 53.7 Å². The van der Waals surface area contributed by atoms with Crippen molar-refractivity contribution in [2.24, 2.45) is 7.05 Å². The molecule has 0 radical (unpaired) electrons. The Morgan fingerprint density at radius 3 is 2.70 bits per heavy atom. The number of anilines is 2. The summed E-state index contributed by atoms with van der Waals surface area (Å²) in [6.45, 7) is 5.84. The van der Waals surface area contributed by atoms with Crippen LogP contribution < -0.4 is 15.4 Å². The number of ether oxygens (including phenoxy) is 1. The third-order valence-electron chi connectivity index (χ3n) is 7.07. The van der Waals surface area contributed by atoms with Gasteiger partial charge in [-0.15, -0.1) is 0 Å². The van der Waals surface area contributed by atoms with Crippen LogP contribution >= 0.6 is 0 Å². The van der Waals surface area contributed by atoms with Gasteiger partial charge < -0.3 is 15.2 Å². The molecular formula is C26H35N11O3. The lowest BCUT2D eigenvalue weighted by atomic mass is 9.90. The van der Waals surface area contributed by atoms with Crippen molar-refractivity contribution in [3.8, 4) is 5.75 Å². The molecule has 0 aromatic carbocycles. The fourth-order valence-corrected chi connectivity index (χ4v) is 5.01. The number of carboxylic acid groups (broad SMARTS) is 1. The van der Waals surface area contributed by atoms with E-state index in [9.17, 15) is 4.79 Å². The lowest BCUT2D eigenvalue weighted by molar-refractivity contribution is 0.200. The number of rotatable bonds is 11. The Morgan fingerprint density at radius 2 is 2.00 bits per heavy atom. The molecule has 0 spiro atoms. The number of carbonyl (C=O) groups is 1. The van der Waals surface area contributed by atoms with Crippen molar-refractivity contribution in [3.63, 3.8) is 0 Å². The molecular weight excluding hydrogens is 514 g/mol. The summed E-state index contributed by atoms with van der Waals surface area (Å²) in [5.74, 6) is 2.47. The summed E-state index contributed by atoms with van der Waals surface area (Å²) in [6, 6.07) is 2.08. The van der Waals surface area contributed by atoms with Gasteiger partial charge in [-0.25, -0.2) is 14.8 Å². The normalized spacial score (nSPS) is 14.5. The minimum absolute atomic E-state index is 0.000879. The summed E-state index contributed by atoms with van der Waals surface area (Å²) in [7, 11) is 3.53. The zero-order valence-electron chi connectivity index (χ0n) is 23.0. The maximum absolute atomic E-state index is 11.2. The molecule has 14 nitrogen and oxygen atoms in total. The molecule has 0 bridgehead atoms. The van der Waals surface area contributed by atoms with E-state index in [4.69, 9.17) is 14.8 Å². The first-order valence-electron chi connectivity index (χ1n) is 13.5. The SMILES string of the molecule is CCCCNc1nc(NC(=O)O)nc2cnn(Cc3ncc(C4CCN(Cc5ncn(C)n5)CC4)cc3OC)c12. The molecule has 212 valence electrons. The third-order valence-corrected chi connectivity index (χ3v) is 7.07. The van der Waals surface area contributed by atoms with E-state index in [0.29, 0.717) is 41.6 Å². The minimum atomic E-state index is -1.23. The molecule has 0 aliphatic carbocycles. The van der Waals surface area contributed by atoms with Crippen LogP contribution in [0.1, 0.15) is 55.6 Å². The molecule has 0 unspecified atom stereocenters. The molecule has 40 heavy (non-hydrogen) atoms. The first-order chi connectivity index (χ1) is 19.4. The van der Waals surface area contributed by atoms with Gasteiger partial charge >= 0.3 is 6.09 Å². The Kier molecular flexibility index (Phi) is 8.34. The molecule has 5 heterocycles. The van der Waals surface area contributed by atoms with Gasteiger partial charge in [0.2, 0.25) is 5.95 Å². The van der Waals surface area contributed by atoms with Crippen LogP contribution in [0.15, 0.2) is 24.8 Å². The van der Waals surface area contributed by atoms with Crippen molar-refractivity contribution in [2.45, 2.75) is 51.6 Å². The standard InChI is InChI=1S/C26H35N11O3/c1-4-5-8-27-24-23-19(31-25(32-24)33-26(38)39)13-30-37(23)14-20-21(40-3)11-18(12-28-20)17-6-9-36(10-7-17)15-22-29-16-35(2)34-22/h11-13,16-17H,4-10,14-15H2,1-3H3,(H,38,39)(H2,27,31,32,33). The summed E-state index contributed by atoms with van der Waals surface area (Å²) in [5.41, 5.74) is 3.11. The number of likely N-dealkylation sites (tertiary alicyclic amines) is 1. The van der Waals surface area contributed by atoms with Gasteiger partial charge in [0.1, 0.15) is 28.8 Å². The summed E-state index contributed by atoms with van der Waals surface area (Å²) in [5, 5.41) is 23.6. The topological polar surface area (TPSA) is 161 Å². The number of pyridine rings is 1. The molecule has 14 heteroatoms. The number of methoxy groups -OCH3 is 1. The van der Waals surface area contributed by atoms with Gasteiger partial charge in [-0.1, -0.05) is 13.3 Å². The maximum Gasteiger partial charge on any atom is 0.411 e. The number of unbranched alkanes of at least 4 members (excludes halogenated alkanes) is 1. The van der Waals surface area contributed by atoms with Crippen molar-refractivity contribution in [3.05, 3.63) is 41.9 Å². The fraction of sp³-hybridized carbons (Fsp3) is 0.500. The first kappa shape index (κ1) is 27.2. The number of fused-ring (bicyclic) bond motifs is 1. The van der Waals surface area contributed by atoms with Crippen LogP contribution in [-0.4, -0.2) is 82.3 Å². The number of hydrogen-bond donors (Lipinski definition) is 3. The lowest BCUT2D eigenvalue weighted by Gasteiger charge is -2.31.